The highest BCUT2D eigenvalue weighted by molar-refractivity contribution is 7.19. The average Bonchev–Trinajstić information content (AvgIpc) is 2.86. The largest absolute Gasteiger partial charge is 0.444 e. The number of hydrogen-bond acceptors (Lipinski definition) is 5. The van der Waals surface area contributed by atoms with E-state index < -0.39 is 5.60 Å². The Morgan fingerprint density at radius 2 is 2.19 bits per heavy atom. The van der Waals surface area contributed by atoms with Crippen molar-refractivity contribution in [3.05, 3.63) is 21.9 Å². The number of amides is 1. The summed E-state index contributed by atoms with van der Waals surface area (Å²) in [6, 6.07) is -0.0369. The van der Waals surface area contributed by atoms with Crippen LogP contribution in [0.3, 0.4) is 0 Å². The van der Waals surface area contributed by atoms with Gasteiger partial charge in [-0.1, -0.05) is 11.6 Å². The van der Waals surface area contributed by atoms with Gasteiger partial charge in [0.2, 0.25) is 0 Å². The van der Waals surface area contributed by atoms with E-state index in [4.69, 9.17) is 16.3 Å². The summed E-state index contributed by atoms with van der Waals surface area (Å²) in [5.41, 5.74) is 0.536. The van der Waals surface area contributed by atoms with Gasteiger partial charge < -0.3 is 4.74 Å². The lowest BCUT2D eigenvalue weighted by Gasteiger charge is -2.27. The number of ether oxygens (including phenoxy) is 1. The molecule has 3 heterocycles. The fourth-order valence-electron chi connectivity index (χ4n) is 2.46. The molecule has 0 aliphatic carbocycles. The van der Waals surface area contributed by atoms with E-state index in [9.17, 15) is 4.79 Å². The van der Waals surface area contributed by atoms with Crippen molar-refractivity contribution >= 4 is 39.2 Å². The minimum absolute atomic E-state index is 0.0369. The molecule has 7 heteroatoms. The van der Waals surface area contributed by atoms with Gasteiger partial charge in [-0.2, -0.15) is 0 Å². The van der Waals surface area contributed by atoms with Crippen LogP contribution in [0.4, 0.5) is 4.79 Å². The minimum Gasteiger partial charge on any atom is -0.444 e. The van der Waals surface area contributed by atoms with E-state index in [1.54, 1.807) is 16.2 Å². The van der Waals surface area contributed by atoms with E-state index >= 15 is 0 Å². The lowest BCUT2D eigenvalue weighted by molar-refractivity contribution is 0.0189. The third-order valence-electron chi connectivity index (χ3n) is 3.38. The van der Waals surface area contributed by atoms with Crippen molar-refractivity contribution < 1.29 is 9.53 Å². The predicted molar refractivity (Wildman–Crippen MR) is 82.6 cm³/mol. The molecule has 21 heavy (non-hydrogen) atoms. The highest BCUT2D eigenvalue weighted by atomic mass is 35.5. The van der Waals surface area contributed by atoms with Crippen molar-refractivity contribution in [2.75, 3.05) is 0 Å². The zero-order valence-electron chi connectivity index (χ0n) is 12.3. The Balaban J connectivity index is 1.96. The molecule has 2 aromatic rings. The van der Waals surface area contributed by atoms with Gasteiger partial charge in [0.1, 0.15) is 21.9 Å². The number of carbonyl (C=O) groups is 1. The molecule has 0 saturated heterocycles. The number of carbonyl (C=O) groups excluding carboxylic acids is 1. The number of aromatic nitrogens is 2. The molecule has 2 aromatic heterocycles. The van der Waals surface area contributed by atoms with E-state index in [-0.39, 0.29) is 12.1 Å². The summed E-state index contributed by atoms with van der Waals surface area (Å²) < 4.78 is 5.46. The van der Waals surface area contributed by atoms with Gasteiger partial charge in [-0.05, 0) is 27.7 Å². The summed E-state index contributed by atoms with van der Waals surface area (Å²) >= 11 is 7.75. The molecular weight excluding hydrogens is 310 g/mol. The molecule has 0 spiro atoms. The molecule has 5 nitrogen and oxygen atoms in total. The van der Waals surface area contributed by atoms with Crippen molar-refractivity contribution in [3.8, 4) is 0 Å². The summed E-state index contributed by atoms with van der Waals surface area (Å²) in [6.07, 6.45) is 1.16. The number of rotatable bonds is 0. The topological polar surface area (TPSA) is 55.3 Å². The molecule has 1 unspecified atom stereocenters. The standard InChI is InChI=1S/C14H16ClN3O2S/c1-7-10-8(5-18(7)13(19)20-14(2,3)4)9-11(15)16-6-17-12(9)21-10/h6-7H,5H2,1-4H3. The van der Waals surface area contributed by atoms with Crippen LogP contribution in [-0.4, -0.2) is 26.6 Å². The van der Waals surface area contributed by atoms with E-state index in [0.29, 0.717) is 11.7 Å². The molecule has 112 valence electrons. The predicted octanol–water partition coefficient (Wildman–Crippen LogP) is 4.16. The van der Waals surface area contributed by atoms with Crippen LogP contribution in [0.5, 0.6) is 0 Å². The van der Waals surface area contributed by atoms with Crippen molar-refractivity contribution in [1.29, 1.82) is 0 Å². The van der Waals surface area contributed by atoms with Crippen LogP contribution in [0.25, 0.3) is 10.2 Å². The van der Waals surface area contributed by atoms with Gasteiger partial charge in [0, 0.05) is 10.4 Å². The van der Waals surface area contributed by atoms with Crippen LogP contribution in [0, 0.1) is 0 Å². The van der Waals surface area contributed by atoms with Crippen molar-refractivity contribution in [3.63, 3.8) is 0 Å². The molecule has 1 atom stereocenters. The second-order valence-corrected chi connectivity index (χ2v) is 7.46. The Morgan fingerprint density at radius 3 is 2.86 bits per heavy atom. The van der Waals surface area contributed by atoms with Gasteiger partial charge in [0.15, 0.2) is 0 Å². The van der Waals surface area contributed by atoms with Gasteiger partial charge in [-0.15, -0.1) is 11.3 Å². The van der Waals surface area contributed by atoms with Gasteiger partial charge in [-0.3, -0.25) is 4.90 Å². The highest BCUT2D eigenvalue weighted by Crippen LogP contribution is 2.45. The smallest absolute Gasteiger partial charge is 0.411 e. The van der Waals surface area contributed by atoms with Crippen LogP contribution in [0.2, 0.25) is 5.15 Å². The molecule has 0 radical (unpaired) electrons. The highest BCUT2D eigenvalue weighted by Gasteiger charge is 2.37. The molecule has 3 rings (SSSR count). The molecule has 1 aliphatic rings. The SMILES string of the molecule is CC1c2sc3ncnc(Cl)c3c2CN1C(=O)OC(C)(C)C. The summed E-state index contributed by atoms with van der Waals surface area (Å²) in [7, 11) is 0. The van der Waals surface area contributed by atoms with Crippen molar-refractivity contribution in [2.45, 2.75) is 45.9 Å². The van der Waals surface area contributed by atoms with Crippen LogP contribution in [0.1, 0.15) is 44.2 Å². The minimum atomic E-state index is -0.504. The molecule has 0 saturated carbocycles. The molecule has 0 fully saturated rings. The Kier molecular flexibility index (Phi) is 3.33. The first-order valence-corrected chi connectivity index (χ1v) is 7.89. The van der Waals surface area contributed by atoms with Crippen LogP contribution < -0.4 is 0 Å². The van der Waals surface area contributed by atoms with E-state index in [1.165, 1.54) is 6.33 Å². The van der Waals surface area contributed by atoms with E-state index in [1.807, 2.05) is 27.7 Å². The number of thiophene rings is 1. The summed E-state index contributed by atoms with van der Waals surface area (Å²) in [5.74, 6) is 0. The van der Waals surface area contributed by atoms with Crippen LogP contribution in [0.15, 0.2) is 6.33 Å². The Labute approximate surface area is 131 Å². The Hall–Kier alpha value is -1.40. The zero-order chi connectivity index (χ0) is 15.4. The van der Waals surface area contributed by atoms with Crippen LogP contribution >= 0.6 is 22.9 Å². The third-order valence-corrected chi connectivity index (χ3v) is 4.97. The zero-order valence-corrected chi connectivity index (χ0v) is 13.9. The number of hydrogen-bond donors (Lipinski definition) is 0. The normalized spacial score (nSPS) is 18.1. The van der Waals surface area contributed by atoms with Crippen molar-refractivity contribution in [2.24, 2.45) is 0 Å². The van der Waals surface area contributed by atoms with E-state index in [0.717, 1.165) is 20.7 Å². The Morgan fingerprint density at radius 1 is 1.48 bits per heavy atom. The summed E-state index contributed by atoms with van der Waals surface area (Å²) in [6.45, 7) is 8.06. The fourth-order valence-corrected chi connectivity index (χ4v) is 3.98. The first-order chi connectivity index (χ1) is 9.78. The fraction of sp³-hybridized carbons (Fsp3) is 0.500. The second kappa shape index (κ2) is 4.81. The molecule has 0 N–H and O–H groups in total. The molecule has 1 aliphatic heterocycles. The lowest BCUT2D eigenvalue weighted by atomic mass is 10.2. The summed E-state index contributed by atoms with van der Waals surface area (Å²) in [4.78, 5) is 24.3. The molecule has 0 bridgehead atoms. The first-order valence-electron chi connectivity index (χ1n) is 6.69. The quantitative estimate of drug-likeness (QED) is 0.682. The van der Waals surface area contributed by atoms with Gasteiger partial charge in [0.25, 0.3) is 0 Å². The third kappa shape index (κ3) is 2.46. The number of fused-ring (bicyclic) bond motifs is 3. The first kappa shape index (κ1) is 14.5. The van der Waals surface area contributed by atoms with Gasteiger partial charge in [-0.25, -0.2) is 14.8 Å². The van der Waals surface area contributed by atoms with Crippen LogP contribution in [-0.2, 0) is 11.3 Å². The molecule has 1 amide bonds. The van der Waals surface area contributed by atoms with Crippen molar-refractivity contribution in [1.82, 2.24) is 14.9 Å². The average molecular weight is 326 g/mol. The Bertz CT molecular complexity index is 723. The monoisotopic (exact) mass is 325 g/mol. The van der Waals surface area contributed by atoms with Gasteiger partial charge >= 0.3 is 6.09 Å². The van der Waals surface area contributed by atoms with E-state index in [2.05, 4.69) is 9.97 Å². The molecule has 0 aromatic carbocycles. The maximum atomic E-state index is 12.3. The second-order valence-electron chi connectivity index (χ2n) is 6.07. The number of nitrogens with zero attached hydrogens (tertiary/aromatic N) is 3. The van der Waals surface area contributed by atoms with Gasteiger partial charge in [0.05, 0.1) is 18.0 Å². The maximum Gasteiger partial charge on any atom is 0.411 e. The molecular formula is C14H16ClN3O2S. The number of halogens is 1. The lowest BCUT2D eigenvalue weighted by Crippen LogP contribution is -2.35. The maximum absolute atomic E-state index is 12.3. The summed E-state index contributed by atoms with van der Waals surface area (Å²) in [5, 5.41) is 1.30.